The highest BCUT2D eigenvalue weighted by molar-refractivity contribution is 14.1. The second-order valence-electron chi connectivity index (χ2n) is 4.03. The maximum atomic E-state index is 12.1. The van der Waals surface area contributed by atoms with Crippen LogP contribution in [0.2, 0.25) is 0 Å². The van der Waals surface area contributed by atoms with Gasteiger partial charge < -0.3 is 15.7 Å². The van der Waals surface area contributed by atoms with E-state index < -0.39 is 6.09 Å². The molecule has 0 atom stereocenters. The quantitative estimate of drug-likeness (QED) is 0.515. The van der Waals surface area contributed by atoms with Gasteiger partial charge in [-0.2, -0.15) is 0 Å². The van der Waals surface area contributed by atoms with E-state index in [0.29, 0.717) is 5.69 Å². The lowest BCUT2D eigenvalue weighted by atomic mass is 10.1. The van der Waals surface area contributed by atoms with E-state index in [0.717, 1.165) is 14.0 Å². The fourth-order valence-electron chi connectivity index (χ4n) is 1.67. The SMILES string of the molecule is O=C(O)NCCNC(=O)c1ncsc1-c1cccc(I)c1. The first kappa shape index (κ1) is 15.7. The summed E-state index contributed by atoms with van der Waals surface area (Å²) in [5, 5.41) is 13.3. The fraction of sp³-hybridized carbons (Fsp3) is 0.154. The third kappa shape index (κ3) is 4.39. The molecule has 1 aromatic carbocycles. The summed E-state index contributed by atoms with van der Waals surface area (Å²) >= 11 is 3.61. The summed E-state index contributed by atoms with van der Waals surface area (Å²) in [7, 11) is 0. The van der Waals surface area contributed by atoms with Gasteiger partial charge in [-0.15, -0.1) is 11.3 Å². The highest BCUT2D eigenvalue weighted by Crippen LogP contribution is 2.28. The second kappa shape index (κ2) is 7.36. The molecule has 0 aliphatic carbocycles. The molecule has 0 aliphatic heterocycles. The molecule has 21 heavy (non-hydrogen) atoms. The molecule has 8 heteroatoms. The number of halogens is 1. The minimum absolute atomic E-state index is 0.157. The first-order valence-corrected chi connectivity index (χ1v) is 7.98. The van der Waals surface area contributed by atoms with Gasteiger partial charge in [-0.05, 0) is 40.3 Å². The van der Waals surface area contributed by atoms with Gasteiger partial charge in [-0.25, -0.2) is 9.78 Å². The Balaban J connectivity index is 2.06. The van der Waals surface area contributed by atoms with Crippen molar-refractivity contribution < 1.29 is 14.7 Å². The highest BCUT2D eigenvalue weighted by Gasteiger charge is 2.16. The van der Waals surface area contributed by atoms with Crippen LogP contribution in [0, 0.1) is 3.57 Å². The molecule has 0 saturated carbocycles. The maximum absolute atomic E-state index is 12.1. The van der Waals surface area contributed by atoms with E-state index in [2.05, 4.69) is 38.2 Å². The Morgan fingerprint density at radius 2 is 2.05 bits per heavy atom. The van der Waals surface area contributed by atoms with Crippen LogP contribution in [-0.4, -0.2) is 35.2 Å². The zero-order valence-corrected chi connectivity index (χ0v) is 13.8. The molecule has 1 aromatic heterocycles. The van der Waals surface area contributed by atoms with Crippen molar-refractivity contribution in [3.63, 3.8) is 0 Å². The molecule has 0 unspecified atom stereocenters. The number of amides is 2. The molecular weight excluding hydrogens is 405 g/mol. The van der Waals surface area contributed by atoms with Crippen molar-refractivity contribution >= 4 is 45.9 Å². The summed E-state index contributed by atoms with van der Waals surface area (Å²) in [4.78, 5) is 27.3. The van der Waals surface area contributed by atoms with Crippen LogP contribution in [-0.2, 0) is 0 Å². The van der Waals surface area contributed by atoms with Gasteiger partial charge in [-0.1, -0.05) is 12.1 Å². The summed E-state index contributed by atoms with van der Waals surface area (Å²) in [6, 6.07) is 7.81. The summed E-state index contributed by atoms with van der Waals surface area (Å²) in [5.41, 5.74) is 2.93. The van der Waals surface area contributed by atoms with E-state index >= 15 is 0 Å². The molecule has 0 fully saturated rings. The predicted octanol–water partition coefficient (Wildman–Crippen LogP) is 2.41. The minimum Gasteiger partial charge on any atom is -0.465 e. The lowest BCUT2D eigenvalue weighted by molar-refractivity contribution is 0.0949. The van der Waals surface area contributed by atoms with Crippen molar-refractivity contribution in [1.82, 2.24) is 15.6 Å². The number of aromatic nitrogens is 1. The topological polar surface area (TPSA) is 91.3 Å². The van der Waals surface area contributed by atoms with Crippen molar-refractivity contribution in [2.75, 3.05) is 13.1 Å². The Morgan fingerprint density at radius 3 is 2.76 bits per heavy atom. The van der Waals surface area contributed by atoms with E-state index in [-0.39, 0.29) is 19.0 Å². The Hall–Kier alpha value is -1.68. The minimum atomic E-state index is -1.11. The van der Waals surface area contributed by atoms with Gasteiger partial charge in [0.25, 0.3) is 5.91 Å². The van der Waals surface area contributed by atoms with Crippen LogP contribution in [0.4, 0.5) is 4.79 Å². The molecule has 110 valence electrons. The molecule has 6 nitrogen and oxygen atoms in total. The first-order valence-electron chi connectivity index (χ1n) is 6.02. The van der Waals surface area contributed by atoms with Crippen LogP contribution in [0.1, 0.15) is 10.5 Å². The van der Waals surface area contributed by atoms with E-state index in [4.69, 9.17) is 5.11 Å². The second-order valence-corrected chi connectivity index (χ2v) is 6.13. The van der Waals surface area contributed by atoms with E-state index in [1.54, 1.807) is 5.51 Å². The Bertz CT molecular complexity index is 660. The standard InChI is InChI=1S/C13H12IN3O3S/c14-9-3-1-2-8(6-9)11-10(17-7-21-11)12(18)15-4-5-16-13(19)20/h1-3,6-7,16H,4-5H2,(H,15,18)(H,19,20). The molecule has 2 amide bonds. The van der Waals surface area contributed by atoms with E-state index in [1.807, 2.05) is 24.3 Å². The normalized spacial score (nSPS) is 10.1. The zero-order valence-electron chi connectivity index (χ0n) is 10.8. The Kier molecular flexibility index (Phi) is 5.51. The molecule has 2 aromatic rings. The summed E-state index contributed by atoms with van der Waals surface area (Å²) in [6.45, 7) is 0.373. The molecule has 0 bridgehead atoms. The number of nitrogens with one attached hydrogen (secondary N) is 2. The molecular formula is C13H12IN3O3S. The van der Waals surface area contributed by atoms with Crippen molar-refractivity contribution in [2.45, 2.75) is 0 Å². The van der Waals surface area contributed by atoms with Crippen LogP contribution < -0.4 is 10.6 Å². The van der Waals surface area contributed by atoms with Crippen LogP contribution in [0.5, 0.6) is 0 Å². The smallest absolute Gasteiger partial charge is 0.404 e. The number of carbonyl (C=O) groups excluding carboxylic acids is 1. The maximum Gasteiger partial charge on any atom is 0.404 e. The van der Waals surface area contributed by atoms with Crippen LogP contribution in [0.25, 0.3) is 10.4 Å². The van der Waals surface area contributed by atoms with Gasteiger partial charge in [0.05, 0.1) is 10.4 Å². The number of hydrogen-bond donors (Lipinski definition) is 3. The zero-order chi connectivity index (χ0) is 15.2. The Labute approximate surface area is 138 Å². The molecule has 1 heterocycles. The third-order valence-corrected chi connectivity index (χ3v) is 4.10. The highest BCUT2D eigenvalue weighted by atomic mass is 127. The molecule has 0 saturated heterocycles. The number of carbonyl (C=O) groups is 2. The summed E-state index contributed by atoms with van der Waals surface area (Å²) in [5.74, 6) is -0.308. The predicted molar refractivity (Wildman–Crippen MR) is 88.6 cm³/mol. The summed E-state index contributed by atoms with van der Waals surface area (Å²) < 4.78 is 1.08. The molecule has 0 spiro atoms. The lowest BCUT2D eigenvalue weighted by Gasteiger charge is -2.05. The third-order valence-electron chi connectivity index (χ3n) is 2.56. The molecule has 0 radical (unpaired) electrons. The molecule has 0 aliphatic rings. The average Bonchev–Trinajstić information content (AvgIpc) is 2.92. The number of carboxylic acid groups (broad SMARTS) is 1. The van der Waals surface area contributed by atoms with Gasteiger partial charge in [0.2, 0.25) is 0 Å². The van der Waals surface area contributed by atoms with Crippen molar-refractivity contribution in [1.29, 1.82) is 0 Å². The van der Waals surface area contributed by atoms with Crippen molar-refractivity contribution in [3.05, 3.63) is 39.0 Å². The van der Waals surface area contributed by atoms with Crippen LogP contribution >= 0.6 is 33.9 Å². The number of nitrogens with zero attached hydrogens (tertiary/aromatic N) is 1. The van der Waals surface area contributed by atoms with Gasteiger partial charge in [0.15, 0.2) is 0 Å². The van der Waals surface area contributed by atoms with Gasteiger partial charge in [-0.3, -0.25) is 4.79 Å². The van der Waals surface area contributed by atoms with E-state index in [9.17, 15) is 9.59 Å². The van der Waals surface area contributed by atoms with E-state index in [1.165, 1.54) is 11.3 Å². The van der Waals surface area contributed by atoms with Crippen molar-refractivity contribution in [3.8, 4) is 10.4 Å². The number of benzene rings is 1. The molecule has 2 rings (SSSR count). The van der Waals surface area contributed by atoms with Crippen molar-refractivity contribution in [2.24, 2.45) is 0 Å². The van der Waals surface area contributed by atoms with Gasteiger partial charge in [0, 0.05) is 16.7 Å². The fourth-order valence-corrected chi connectivity index (χ4v) is 3.00. The summed E-state index contributed by atoms with van der Waals surface area (Å²) in [6.07, 6.45) is -1.11. The Morgan fingerprint density at radius 1 is 1.29 bits per heavy atom. The largest absolute Gasteiger partial charge is 0.465 e. The number of hydrogen-bond acceptors (Lipinski definition) is 4. The van der Waals surface area contributed by atoms with Crippen LogP contribution in [0.15, 0.2) is 29.8 Å². The first-order chi connectivity index (χ1) is 10.1. The van der Waals surface area contributed by atoms with Crippen LogP contribution in [0.3, 0.4) is 0 Å². The lowest BCUT2D eigenvalue weighted by Crippen LogP contribution is -2.34. The molecule has 3 N–H and O–H groups in total. The number of thiazole rings is 1. The van der Waals surface area contributed by atoms with Gasteiger partial charge in [0.1, 0.15) is 5.69 Å². The monoisotopic (exact) mass is 417 g/mol. The number of rotatable bonds is 5. The average molecular weight is 417 g/mol. The van der Waals surface area contributed by atoms with Gasteiger partial charge >= 0.3 is 6.09 Å².